The highest BCUT2D eigenvalue weighted by molar-refractivity contribution is 5.99. The highest BCUT2D eigenvalue weighted by atomic mass is 19.1. The summed E-state index contributed by atoms with van der Waals surface area (Å²) in [7, 11) is 0. The Labute approximate surface area is 111 Å². The van der Waals surface area contributed by atoms with Crippen LogP contribution >= 0.6 is 0 Å². The third-order valence-electron chi connectivity index (χ3n) is 2.93. The molecule has 2 aromatic heterocycles. The predicted octanol–water partition coefficient (Wildman–Crippen LogP) is 0.928. The van der Waals surface area contributed by atoms with Crippen molar-refractivity contribution >= 4 is 11.6 Å². The van der Waals surface area contributed by atoms with Gasteiger partial charge >= 0.3 is 0 Å². The molecule has 0 spiro atoms. The van der Waals surface area contributed by atoms with E-state index in [0.29, 0.717) is 11.3 Å². The molecule has 3 N–H and O–H groups in total. The van der Waals surface area contributed by atoms with Crippen LogP contribution in [0.4, 0.5) is 4.39 Å². The minimum absolute atomic E-state index is 0.115. The number of halogens is 1. The van der Waals surface area contributed by atoms with Gasteiger partial charge in [0.2, 0.25) is 0 Å². The third-order valence-corrected chi connectivity index (χ3v) is 2.93. The number of aromatic amines is 1. The molecule has 100 valence electrons. The number of hydrogen-bond acceptors (Lipinski definition) is 3. The quantitative estimate of drug-likeness (QED) is 0.726. The van der Waals surface area contributed by atoms with E-state index in [-0.39, 0.29) is 11.2 Å². The van der Waals surface area contributed by atoms with E-state index in [9.17, 15) is 14.0 Å². The first-order valence-electron chi connectivity index (χ1n) is 5.73. The lowest BCUT2D eigenvalue weighted by atomic mass is 10.1. The van der Waals surface area contributed by atoms with Crippen LogP contribution in [0.1, 0.15) is 10.4 Å². The number of H-pyrrole nitrogens is 1. The van der Waals surface area contributed by atoms with Crippen molar-refractivity contribution in [2.45, 2.75) is 0 Å². The minimum atomic E-state index is -0.856. The van der Waals surface area contributed by atoms with Crippen molar-refractivity contribution in [1.29, 1.82) is 0 Å². The Kier molecular flexibility index (Phi) is 2.60. The molecule has 0 unspecified atom stereocenters. The van der Waals surface area contributed by atoms with Crippen LogP contribution in [-0.2, 0) is 0 Å². The minimum Gasteiger partial charge on any atom is -0.365 e. The van der Waals surface area contributed by atoms with Crippen LogP contribution in [0, 0.1) is 5.82 Å². The van der Waals surface area contributed by atoms with Gasteiger partial charge in [0.05, 0.1) is 5.69 Å². The molecule has 20 heavy (non-hydrogen) atoms. The lowest BCUT2D eigenvalue weighted by Gasteiger charge is -2.06. The fourth-order valence-electron chi connectivity index (χ4n) is 2.09. The molecule has 0 saturated carbocycles. The van der Waals surface area contributed by atoms with E-state index in [2.05, 4.69) is 10.1 Å². The van der Waals surface area contributed by atoms with Crippen LogP contribution in [0.2, 0.25) is 0 Å². The van der Waals surface area contributed by atoms with Gasteiger partial charge in [-0.1, -0.05) is 12.1 Å². The van der Waals surface area contributed by atoms with Crippen molar-refractivity contribution in [1.82, 2.24) is 14.6 Å². The van der Waals surface area contributed by atoms with Crippen LogP contribution in [0.5, 0.6) is 0 Å². The van der Waals surface area contributed by atoms with E-state index in [1.54, 1.807) is 6.07 Å². The van der Waals surface area contributed by atoms with Crippen molar-refractivity contribution in [3.8, 4) is 11.3 Å². The zero-order chi connectivity index (χ0) is 14.3. The van der Waals surface area contributed by atoms with Crippen molar-refractivity contribution in [2.75, 3.05) is 0 Å². The number of nitrogens with zero attached hydrogens (tertiary/aromatic N) is 2. The Morgan fingerprint density at radius 3 is 2.85 bits per heavy atom. The number of carbonyl (C=O) groups excluding carboxylic acids is 1. The van der Waals surface area contributed by atoms with E-state index in [1.807, 2.05) is 0 Å². The summed E-state index contributed by atoms with van der Waals surface area (Å²) in [6.07, 6.45) is 1.32. The number of rotatable bonds is 2. The maximum atomic E-state index is 13.3. The number of carbonyl (C=O) groups is 1. The number of nitrogens with two attached hydrogens (primary N) is 1. The van der Waals surface area contributed by atoms with Gasteiger partial charge in [-0.25, -0.2) is 13.9 Å². The summed E-state index contributed by atoms with van der Waals surface area (Å²) >= 11 is 0. The summed E-state index contributed by atoms with van der Waals surface area (Å²) in [5.74, 6) is -1.28. The molecule has 2 heterocycles. The summed E-state index contributed by atoms with van der Waals surface area (Å²) in [5, 5.41) is 2.77. The third kappa shape index (κ3) is 1.76. The number of hydrogen-bond donors (Lipinski definition) is 2. The summed E-state index contributed by atoms with van der Waals surface area (Å²) in [5.41, 5.74) is 5.43. The first-order valence-corrected chi connectivity index (χ1v) is 5.73. The highest BCUT2D eigenvalue weighted by Gasteiger charge is 2.17. The van der Waals surface area contributed by atoms with Gasteiger partial charge in [-0.15, -0.1) is 0 Å². The smallest absolute Gasteiger partial charge is 0.256 e. The second-order valence-corrected chi connectivity index (χ2v) is 4.19. The topological polar surface area (TPSA) is 93.3 Å². The maximum absolute atomic E-state index is 13.3. The first-order chi connectivity index (χ1) is 9.58. The van der Waals surface area contributed by atoms with Crippen molar-refractivity contribution in [3.63, 3.8) is 0 Å². The summed E-state index contributed by atoms with van der Waals surface area (Å²) < 4.78 is 14.7. The van der Waals surface area contributed by atoms with E-state index >= 15 is 0 Å². The molecule has 3 aromatic rings. The largest absolute Gasteiger partial charge is 0.365 e. The number of aromatic nitrogens is 3. The Bertz CT molecular complexity index is 881. The summed E-state index contributed by atoms with van der Waals surface area (Å²) in [6.45, 7) is 0. The molecule has 0 atom stereocenters. The van der Waals surface area contributed by atoms with Gasteiger partial charge in [0.15, 0.2) is 11.1 Å². The molecule has 7 heteroatoms. The Balaban J connectivity index is 2.39. The van der Waals surface area contributed by atoms with Crippen LogP contribution in [0.25, 0.3) is 16.9 Å². The van der Waals surface area contributed by atoms with Crippen molar-refractivity contribution < 1.29 is 9.18 Å². The summed E-state index contributed by atoms with van der Waals surface area (Å²) in [6, 6.07) is 6.98. The molecule has 0 bridgehead atoms. The normalized spacial score (nSPS) is 10.8. The van der Waals surface area contributed by atoms with Crippen LogP contribution < -0.4 is 11.2 Å². The van der Waals surface area contributed by atoms with E-state index in [4.69, 9.17) is 5.73 Å². The van der Waals surface area contributed by atoms with Gasteiger partial charge in [0, 0.05) is 11.6 Å². The van der Waals surface area contributed by atoms with Gasteiger partial charge in [-0.05, 0) is 12.1 Å². The second kappa shape index (κ2) is 4.30. The molecule has 0 saturated heterocycles. The van der Waals surface area contributed by atoms with E-state index < -0.39 is 17.2 Å². The first kappa shape index (κ1) is 12.1. The van der Waals surface area contributed by atoms with Gasteiger partial charge in [0.1, 0.15) is 17.7 Å². The van der Waals surface area contributed by atoms with Gasteiger partial charge in [-0.3, -0.25) is 14.7 Å². The Morgan fingerprint density at radius 2 is 2.15 bits per heavy atom. The molecule has 1 amide bonds. The molecule has 0 fully saturated rings. The van der Waals surface area contributed by atoms with Crippen LogP contribution in [0.3, 0.4) is 0 Å². The molecule has 6 nitrogen and oxygen atoms in total. The SMILES string of the molecule is NC(=O)c1c(=O)cc(-c2cccc(F)c2)n2[nH]cnc12. The molecule has 0 aliphatic rings. The average molecular weight is 272 g/mol. The molecule has 3 rings (SSSR count). The zero-order valence-electron chi connectivity index (χ0n) is 10.1. The Hall–Kier alpha value is -2.96. The monoisotopic (exact) mass is 272 g/mol. The second-order valence-electron chi connectivity index (χ2n) is 4.19. The van der Waals surface area contributed by atoms with E-state index in [1.165, 1.54) is 35.1 Å². The number of fused-ring (bicyclic) bond motifs is 1. The fourth-order valence-corrected chi connectivity index (χ4v) is 2.09. The van der Waals surface area contributed by atoms with Gasteiger partial charge < -0.3 is 5.73 Å². The maximum Gasteiger partial charge on any atom is 0.256 e. The Morgan fingerprint density at radius 1 is 1.35 bits per heavy atom. The average Bonchev–Trinajstić information content (AvgIpc) is 2.85. The molecular formula is C13H9FN4O2. The molecule has 0 aliphatic heterocycles. The molecule has 1 aromatic carbocycles. The number of amides is 1. The van der Waals surface area contributed by atoms with Gasteiger partial charge in [0.25, 0.3) is 5.91 Å². The number of primary amides is 1. The predicted molar refractivity (Wildman–Crippen MR) is 69.7 cm³/mol. The van der Waals surface area contributed by atoms with E-state index in [0.717, 1.165) is 0 Å². The molecule has 0 aliphatic carbocycles. The highest BCUT2D eigenvalue weighted by Crippen LogP contribution is 2.20. The summed E-state index contributed by atoms with van der Waals surface area (Å²) in [4.78, 5) is 27.2. The number of pyridine rings is 1. The molecular weight excluding hydrogens is 263 g/mol. The van der Waals surface area contributed by atoms with Crippen molar-refractivity contribution in [2.24, 2.45) is 5.73 Å². The lowest BCUT2D eigenvalue weighted by Crippen LogP contribution is -2.23. The van der Waals surface area contributed by atoms with Crippen LogP contribution in [0.15, 0.2) is 41.5 Å². The van der Waals surface area contributed by atoms with Gasteiger partial charge in [-0.2, -0.15) is 0 Å². The van der Waals surface area contributed by atoms with Crippen molar-refractivity contribution in [3.05, 3.63) is 58.3 Å². The molecule has 0 radical (unpaired) electrons. The lowest BCUT2D eigenvalue weighted by molar-refractivity contribution is 0.100. The number of benzene rings is 1. The fraction of sp³-hybridized carbons (Fsp3) is 0. The standard InChI is InChI=1S/C13H9FN4O2/c14-8-3-1-2-7(4-8)9-5-10(19)11(12(15)20)13-16-6-17-18(9)13/h1-6H,(H2,15,20)(H,16,17). The zero-order valence-corrected chi connectivity index (χ0v) is 10.1. The van der Waals surface area contributed by atoms with Crippen LogP contribution in [-0.4, -0.2) is 20.5 Å². The number of nitrogens with one attached hydrogen (secondary N) is 1.